The van der Waals surface area contributed by atoms with Gasteiger partial charge in [-0.2, -0.15) is 0 Å². The normalized spacial score (nSPS) is 15.4. The quantitative estimate of drug-likeness (QED) is 0.0538. The third-order valence-corrected chi connectivity index (χ3v) is 11.9. The minimum atomic E-state index is -0.637. The van der Waals surface area contributed by atoms with Gasteiger partial charge < -0.3 is 41.2 Å². The molecular formula is C48H55N9O7. The number of H-pyrrole nitrogens is 1. The van der Waals surface area contributed by atoms with E-state index in [9.17, 15) is 28.8 Å². The van der Waals surface area contributed by atoms with E-state index in [1.165, 1.54) is 12.0 Å². The van der Waals surface area contributed by atoms with Crippen LogP contribution in [0.15, 0.2) is 97.1 Å². The molecule has 0 spiro atoms. The molecule has 2 saturated heterocycles. The number of hydrogen-bond donors (Lipinski definition) is 6. The number of aromatic nitrogens is 1. The molecule has 16 nitrogen and oxygen atoms in total. The van der Waals surface area contributed by atoms with Crippen LogP contribution in [-0.2, 0) is 28.9 Å². The molecule has 3 heterocycles. The van der Waals surface area contributed by atoms with Crippen molar-refractivity contribution in [3.63, 3.8) is 0 Å². The highest BCUT2D eigenvalue weighted by Crippen LogP contribution is 2.28. The largest absolute Gasteiger partial charge is 0.465 e. The van der Waals surface area contributed by atoms with Gasteiger partial charge in [0.15, 0.2) is 0 Å². The summed E-state index contributed by atoms with van der Waals surface area (Å²) in [6, 6.07) is 29.3. The summed E-state index contributed by atoms with van der Waals surface area (Å²) in [5.41, 5.74) is 5.74. The maximum atomic E-state index is 14.0. The van der Waals surface area contributed by atoms with Crippen LogP contribution in [0.1, 0.15) is 80.9 Å². The average Bonchev–Trinajstić information content (AvgIpc) is 3.95. The number of para-hydroxylation sites is 1. The Morgan fingerprint density at radius 1 is 0.766 bits per heavy atom. The van der Waals surface area contributed by atoms with E-state index in [0.29, 0.717) is 52.9 Å². The van der Waals surface area contributed by atoms with Crippen molar-refractivity contribution < 1.29 is 33.5 Å². The van der Waals surface area contributed by atoms with Crippen molar-refractivity contribution in [3.05, 3.63) is 130 Å². The molecule has 0 aliphatic carbocycles. The van der Waals surface area contributed by atoms with E-state index in [2.05, 4.69) is 50.3 Å². The maximum absolute atomic E-state index is 14.0. The van der Waals surface area contributed by atoms with Gasteiger partial charge in [-0.1, -0.05) is 68.4 Å². The van der Waals surface area contributed by atoms with Crippen LogP contribution in [0.5, 0.6) is 0 Å². The summed E-state index contributed by atoms with van der Waals surface area (Å²) in [5.74, 6) is -1.08. The number of aromatic amines is 1. The van der Waals surface area contributed by atoms with Crippen LogP contribution < -0.4 is 26.6 Å². The summed E-state index contributed by atoms with van der Waals surface area (Å²) in [4.78, 5) is 85.6. The molecule has 0 radical (unpaired) electrons. The number of fused-ring (bicyclic) bond motifs is 2. The lowest BCUT2D eigenvalue weighted by Crippen LogP contribution is -2.49. The number of esters is 1. The number of nitrogens with zero attached hydrogens (tertiary/aromatic N) is 3. The first-order valence-electron chi connectivity index (χ1n) is 21.6. The molecule has 7 amide bonds. The molecule has 2 aliphatic heterocycles. The summed E-state index contributed by atoms with van der Waals surface area (Å²) in [7, 11) is 3.07. The SMILES string of the molecule is CCC(CC)N(CCN(C)C(=O)CN1C(=O)NC2NC(=O)NC21)Cc1cccc(C(=O)Nc2[nH]c3ccccc3c2C(=O)Nc2ccc(CCCc3ccc(C(=O)OC)cc3)cc2)c1. The molecule has 16 heteroatoms. The van der Waals surface area contributed by atoms with Crippen LogP contribution >= 0.6 is 0 Å². The summed E-state index contributed by atoms with van der Waals surface area (Å²) >= 11 is 0. The second-order valence-electron chi connectivity index (χ2n) is 16.1. The van der Waals surface area contributed by atoms with Crippen LogP contribution in [0.3, 0.4) is 0 Å². The Labute approximate surface area is 372 Å². The number of rotatable bonds is 19. The number of aryl methyl sites for hydroxylation is 2. The zero-order chi connectivity index (χ0) is 45.3. The van der Waals surface area contributed by atoms with Crippen LogP contribution in [0.25, 0.3) is 10.9 Å². The molecule has 0 saturated carbocycles. The Hall–Kier alpha value is -7.20. The fraction of sp³-hybridized carbons (Fsp3) is 0.333. The zero-order valence-electron chi connectivity index (χ0n) is 36.5. The second kappa shape index (κ2) is 20.3. The van der Waals surface area contributed by atoms with Gasteiger partial charge in [-0.05, 0) is 91.3 Å². The van der Waals surface area contributed by atoms with Crippen molar-refractivity contribution in [1.29, 1.82) is 0 Å². The fourth-order valence-corrected chi connectivity index (χ4v) is 8.30. The summed E-state index contributed by atoms with van der Waals surface area (Å²) < 4.78 is 4.78. The standard InChI is InChI=1S/C48H55N9O7/c1-5-36(6-2)56(26-25-55(3)39(58)29-57-43-42(53-48(57)63)52-47(62)54-43)28-32-13-10-14-34(27-32)44(59)51-41-40(37-15-7-8-16-38(37)50-41)45(60)49-35-23-19-31(20-24-35)12-9-11-30-17-21-33(22-18-30)46(61)64-4/h7-8,10,13-24,27,36,42-43,50H,5-6,9,11-12,25-26,28-29H2,1-4H3,(H,49,60)(H,51,59)(H,53,63)(H2,52,54,62). The van der Waals surface area contributed by atoms with Crippen molar-refractivity contribution in [2.75, 3.05) is 44.4 Å². The molecule has 2 fully saturated rings. The molecule has 64 heavy (non-hydrogen) atoms. The van der Waals surface area contributed by atoms with Crippen molar-refractivity contribution in [1.82, 2.24) is 35.6 Å². The molecular weight excluding hydrogens is 815 g/mol. The third-order valence-electron chi connectivity index (χ3n) is 11.9. The molecule has 6 N–H and O–H groups in total. The van der Waals surface area contributed by atoms with Gasteiger partial charge >= 0.3 is 18.0 Å². The lowest BCUT2D eigenvalue weighted by molar-refractivity contribution is -0.131. The van der Waals surface area contributed by atoms with E-state index in [-0.39, 0.29) is 42.1 Å². The van der Waals surface area contributed by atoms with Crippen molar-refractivity contribution in [2.45, 2.75) is 70.9 Å². The summed E-state index contributed by atoms with van der Waals surface area (Å²) in [5, 5.41) is 14.6. The third kappa shape index (κ3) is 10.5. The van der Waals surface area contributed by atoms with Gasteiger partial charge in [0, 0.05) is 54.9 Å². The minimum absolute atomic E-state index is 0.180. The van der Waals surface area contributed by atoms with Gasteiger partial charge in [0.2, 0.25) is 5.91 Å². The number of ether oxygens (including phenoxy) is 1. The Bertz CT molecular complexity index is 2500. The summed E-state index contributed by atoms with van der Waals surface area (Å²) in [6.45, 7) is 5.53. The first kappa shape index (κ1) is 44.8. The minimum Gasteiger partial charge on any atom is -0.465 e. The molecule has 2 unspecified atom stereocenters. The first-order chi connectivity index (χ1) is 30.9. The highest BCUT2D eigenvalue weighted by atomic mass is 16.5. The first-order valence-corrected chi connectivity index (χ1v) is 21.6. The number of amides is 7. The molecule has 0 bridgehead atoms. The van der Waals surface area contributed by atoms with Gasteiger partial charge in [-0.15, -0.1) is 0 Å². The predicted octanol–water partition coefficient (Wildman–Crippen LogP) is 6.07. The van der Waals surface area contributed by atoms with Crippen LogP contribution in [0.4, 0.5) is 21.1 Å². The average molecular weight is 870 g/mol. The topological polar surface area (TPSA) is 197 Å². The number of carbonyl (C=O) groups is 6. The van der Waals surface area contributed by atoms with E-state index in [1.807, 2.05) is 78.9 Å². The number of likely N-dealkylation sites (N-methyl/N-ethyl adjacent to an activating group) is 1. The smallest absolute Gasteiger partial charge is 0.337 e. The molecule has 7 rings (SSSR count). The van der Waals surface area contributed by atoms with Gasteiger partial charge in [-0.3, -0.25) is 24.2 Å². The van der Waals surface area contributed by atoms with Crippen LogP contribution in [-0.4, -0.2) is 108 Å². The van der Waals surface area contributed by atoms with Gasteiger partial charge in [0.05, 0.1) is 18.2 Å². The van der Waals surface area contributed by atoms with Crippen molar-refractivity contribution >= 4 is 58.2 Å². The van der Waals surface area contributed by atoms with E-state index < -0.39 is 24.4 Å². The molecule has 2 atom stereocenters. The van der Waals surface area contributed by atoms with Gasteiger partial charge in [0.25, 0.3) is 11.8 Å². The van der Waals surface area contributed by atoms with E-state index >= 15 is 0 Å². The van der Waals surface area contributed by atoms with Crippen LogP contribution in [0, 0.1) is 0 Å². The monoisotopic (exact) mass is 869 g/mol. The van der Waals surface area contributed by atoms with E-state index in [0.717, 1.165) is 48.8 Å². The lowest BCUT2D eigenvalue weighted by atomic mass is 10.0. The number of benzene rings is 4. The number of carbonyl (C=O) groups excluding carboxylic acids is 6. The van der Waals surface area contributed by atoms with Crippen molar-refractivity contribution in [2.24, 2.45) is 0 Å². The second-order valence-corrected chi connectivity index (χ2v) is 16.1. The van der Waals surface area contributed by atoms with Gasteiger partial charge in [-0.25, -0.2) is 14.4 Å². The van der Waals surface area contributed by atoms with Crippen LogP contribution in [0.2, 0.25) is 0 Å². The number of nitrogens with one attached hydrogen (secondary N) is 6. The van der Waals surface area contributed by atoms with E-state index in [1.54, 1.807) is 30.1 Å². The lowest BCUT2D eigenvalue weighted by Gasteiger charge is -2.32. The Kier molecular flexibility index (Phi) is 14.2. The highest BCUT2D eigenvalue weighted by molar-refractivity contribution is 6.19. The number of urea groups is 2. The van der Waals surface area contributed by atoms with Gasteiger partial charge in [0.1, 0.15) is 24.7 Å². The molecule has 334 valence electrons. The van der Waals surface area contributed by atoms with E-state index in [4.69, 9.17) is 4.74 Å². The molecule has 1 aromatic heterocycles. The number of hydrogen-bond acceptors (Lipinski definition) is 8. The summed E-state index contributed by atoms with van der Waals surface area (Å²) in [6.07, 6.45) is 3.13. The predicted molar refractivity (Wildman–Crippen MR) is 244 cm³/mol. The highest BCUT2D eigenvalue weighted by Gasteiger charge is 2.46. The number of anilines is 2. The maximum Gasteiger partial charge on any atom is 0.337 e. The molecule has 5 aromatic rings. The van der Waals surface area contributed by atoms with Crippen molar-refractivity contribution in [3.8, 4) is 0 Å². The zero-order valence-corrected chi connectivity index (χ0v) is 36.5. The molecule has 4 aromatic carbocycles. The number of methoxy groups -OCH3 is 1. The Balaban J connectivity index is 0.969. The molecule has 2 aliphatic rings. The Morgan fingerprint density at radius 2 is 1.47 bits per heavy atom. The fourth-order valence-electron chi connectivity index (χ4n) is 8.30. The Morgan fingerprint density at radius 3 is 2.17 bits per heavy atom.